The molecule has 0 bridgehead atoms. The summed E-state index contributed by atoms with van der Waals surface area (Å²) >= 11 is 0. The maximum absolute atomic E-state index is 12.4. The van der Waals surface area contributed by atoms with Gasteiger partial charge in [0, 0.05) is 25.8 Å². The molecule has 1 aliphatic rings. The Hall–Kier alpha value is -1.52. The number of nitrogen functional groups attached to an aromatic ring is 1. The molecule has 1 aromatic heterocycles. The molecule has 0 aromatic carbocycles. The highest BCUT2D eigenvalue weighted by Crippen LogP contribution is 2.20. The van der Waals surface area contributed by atoms with Crippen molar-refractivity contribution in [3.63, 3.8) is 0 Å². The largest absolute Gasteiger partial charge is 0.396 e. The van der Waals surface area contributed by atoms with Crippen molar-refractivity contribution in [2.45, 2.75) is 38.6 Å². The van der Waals surface area contributed by atoms with Gasteiger partial charge in [-0.25, -0.2) is 0 Å². The average molecular weight is 236 g/mol. The smallest absolute Gasteiger partial charge is 0.276 e. The fourth-order valence-corrected chi connectivity index (χ4v) is 2.39. The molecule has 5 heteroatoms. The van der Waals surface area contributed by atoms with Crippen molar-refractivity contribution in [1.82, 2.24) is 14.7 Å². The van der Waals surface area contributed by atoms with E-state index in [9.17, 15) is 4.79 Å². The molecule has 1 amide bonds. The van der Waals surface area contributed by atoms with E-state index in [1.54, 1.807) is 17.9 Å². The Kier molecular flexibility index (Phi) is 3.36. The first-order valence-corrected chi connectivity index (χ1v) is 6.19. The van der Waals surface area contributed by atoms with Crippen LogP contribution in [0.25, 0.3) is 0 Å². The number of aromatic nitrogens is 2. The molecule has 1 fully saturated rings. The van der Waals surface area contributed by atoms with Crippen LogP contribution in [0.15, 0.2) is 6.20 Å². The Morgan fingerprint density at radius 2 is 2.24 bits per heavy atom. The molecule has 17 heavy (non-hydrogen) atoms. The normalized spacial score (nSPS) is 21.3. The Bertz CT molecular complexity index is 413. The number of carbonyl (C=O) groups excluding carboxylic acids is 1. The van der Waals surface area contributed by atoms with Crippen molar-refractivity contribution in [3.8, 4) is 0 Å². The van der Waals surface area contributed by atoms with Crippen molar-refractivity contribution >= 4 is 11.6 Å². The van der Waals surface area contributed by atoms with Gasteiger partial charge >= 0.3 is 0 Å². The number of aryl methyl sites for hydroxylation is 1. The Morgan fingerprint density at radius 3 is 2.88 bits per heavy atom. The van der Waals surface area contributed by atoms with Crippen LogP contribution >= 0.6 is 0 Å². The number of hydrogen-bond donors (Lipinski definition) is 1. The van der Waals surface area contributed by atoms with Crippen molar-refractivity contribution in [2.24, 2.45) is 7.05 Å². The van der Waals surface area contributed by atoms with Crippen LogP contribution in [0, 0.1) is 0 Å². The van der Waals surface area contributed by atoms with Gasteiger partial charge in [-0.15, -0.1) is 0 Å². The molecule has 1 atom stereocenters. The number of likely N-dealkylation sites (tertiary alicyclic amines) is 1. The molecule has 2 heterocycles. The summed E-state index contributed by atoms with van der Waals surface area (Å²) in [6, 6.07) is 0.284. The molecular weight excluding hydrogens is 216 g/mol. The summed E-state index contributed by atoms with van der Waals surface area (Å²) in [5, 5.41) is 4.15. The Balaban J connectivity index is 2.20. The first-order chi connectivity index (χ1) is 8.09. The van der Waals surface area contributed by atoms with Crippen molar-refractivity contribution in [3.05, 3.63) is 11.9 Å². The van der Waals surface area contributed by atoms with Gasteiger partial charge in [-0.3, -0.25) is 9.48 Å². The van der Waals surface area contributed by atoms with Gasteiger partial charge in [0.2, 0.25) is 0 Å². The molecular formula is C12H20N4O. The minimum absolute atomic E-state index is 0.0301. The second-order valence-electron chi connectivity index (χ2n) is 4.80. The Morgan fingerprint density at radius 1 is 1.47 bits per heavy atom. The van der Waals surface area contributed by atoms with Crippen molar-refractivity contribution in [2.75, 3.05) is 12.3 Å². The van der Waals surface area contributed by atoms with E-state index in [0.29, 0.717) is 11.4 Å². The van der Waals surface area contributed by atoms with E-state index < -0.39 is 0 Å². The van der Waals surface area contributed by atoms with E-state index in [1.165, 1.54) is 12.8 Å². The third-order valence-electron chi connectivity index (χ3n) is 3.37. The maximum atomic E-state index is 12.4. The standard InChI is InChI=1S/C12H20N4O/c1-9-6-4-3-5-7-16(9)12(17)11-10(13)8-15(2)14-11/h8-9H,3-7,13H2,1-2H3. The van der Waals surface area contributed by atoms with Gasteiger partial charge in [0.25, 0.3) is 5.91 Å². The summed E-state index contributed by atoms with van der Waals surface area (Å²) in [7, 11) is 1.78. The van der Waals surface area contributed by atoms with E-state index in [2.05, 4.69) is 12.0 Å². The fraction of sp³-hybridized carbons (Fsp3) is 0.667. The highest BCUT2D eigenvalue weighted by Gasteiger charge is 2.26. The first-order valence-electron chi connectivity index (χ1n) is 6.19. The van der Waals surface area contributed by atoms with Gasteiger partial charge in [-0.05, 0) is 19.8 Å². The molecule has 1 unspecified atom stereocenters. The minimum atomic E-state index is -0.0301. The van der Waals surface area contributed by atoms with E-state index in [0.717, 1.165) is 19.4 Å². The fourth-order valence-electron chi connectivity index (χ4n) is 2.39. The van der Waals surface area contributed by atoms with E-state index in [1.807, 2.05) is 4.90 Å². The van der Waals surface area contributed by atoms with Gasteiger partial charge in [0.1, 0.15) is 0 Å². The van der Waals surface area contributed by atoms with Crippen LogP contribution in [0.4, 0.5) is 5.69 Å². The molecule has 1 aromatic rings. The zero-order chi connectivity index (χ0) is 12.4. The molecule has 0 spiro atoms. The number of nitrogens with two attached hydrogens (primary N) is 1. The number of nitrogens with zero attached hydrogens (tertiary/aromatic N) is 3. The number of amides is 1. The molecule has 0 aliphatic carbocycles. The monoisotopic (exact) mass is 236 g/mol. The summed E-state index contributed by atoms with van der Waals surface area (Å²) in [5.74, 6) is -0.0301. The molecule has 2 rings (SSSR count). The van der Waals surface area contributed by atoms with Gasteiger partial charge in [-0.2, -0.15) is 5.10 Å². The lowest BCUT2D eigenvalue weighted by atomic mass is 10.1. The Labute approximate surface area is 102 Å². The zero-order valence-corrected chi connectivity index (χ0v) is 10.5. The van der Waals surface area contributed by atoms with Crippen molar-refractivity contribution in [1.29, 1.82) is 0 Å². The summed E-state index contributed by atoms with van der Waals surface area (Å²) < 4.78 is 1.59. The quantitative estimate of drug-likeness (QED) is 0.801. The molecule has 94 valence electrons. The van der Waals surface area contributed by atoms with Crippen LogP contribution in [0.2, 0.25) is 0 Å². The summed E-state index contributed by atoms with van der Waals surface area (Å²) in [6.07, 6.45) is 6.21. The number of anilines is 1. The van der Waals surface area contributed by atoms with Crippen molar-refractivity contribution < 1.29 is 4.79 Å². The van der Waals surface area contributed by atoms with Gasteiger partial charge in [-0.1, -0.05) is 12.8 Å². The predicted molar refractivity (Wildman–Crippen MR) is 66.6 cm³/mol. The third-order valence-corrected chi connectivity index (χ3v) is 3.37. The zero-order valence-electron chi connectivity index (χ0n) is 10.5. The highest BCUT2D eigenvalue weighted by atomic mass is 16.2. The highest BCUT2D eigenvalue weighted by molar-refractivity contribution is 5.97. The second-order valence-corrected chi connectivity index (χ2v) is 4.80. The predicted octanol–water partition coefficient (Wildman–Crippen LogP) is 1.41. The van der Waals surface area contributed by atoms with Crippen LogP contribution in [0.1, 0.15) is 43.1 Å². The van der Waals surface area contributed by atoms with Gasteiger partial charge in [0.15, 0.2) is 5.69 Å². The van der Waals surface area contributed by atoms with E-state index in [4.69, 9.17) is 5.73 Å². The number of carbonyl (C=O) groups is 1. The molecule has 2 N–H and O–H groups in total. The van der Waals surface area contributed by atoms with Crippen LogP contribution in [0.5, 0.6) is 0 Å². The topological polar surface area (TPSA) is 64.2 Å². The van der Waals surface area contributed by atoms with Crippen LogP contribution in [-0.4, -0.2) is 33.2 Å². The minimum Gasteiger partial charge on any atom is -0.396 e. The lowest BCUT2D eigenvalue weighted by Gasteiger charge is -2.26. The number of hydrogen-bond acceptors (Lipinski definition) is 3. The van der Waals surface area contributed by atoms with E-state index >= 15 is 0 Å². The molecule has 0 radical (unpaired) electrons. The molecule has 1 aliphatic heterocycles. The van der Waals surface area contributed by atoms with Gasteiger partial charge in [0.05, 0.1) is 5.69 Å². The second kappa shape index (κ2) is 4.77. The van der Waals surface area contributed by atoms with Crippen LogP contribution in [-0.2, 0) is 7.05 Å². The van der Waals surface area contributed by atoms with Gasteiger partial charge < -0.3 is 10.6 Å². The molecule has 5 nitrogen and oxygen atoms in total. The van der Waals surface area contributed by atoms with E-state index in [-0.39, 0.29) is 11.9 Å². The molecule has 0 saturated carbocycles. The lowest BCUT2D eigenvalue weighted by molar-refractivity contribution is 0.0692. The maximum Gasteiger partial charge on any atom is 0.276 e. The summed E-state index contributed by atoms with van der Waals surface area (Å²) in [4.78, 5) is 14.3. The van der Waals surface area contributed by atoms with Crippen LogP contribution < -0.4 is 5.73 Å². The lowest BCUT2D eigenvalue weighted by Crippen LogP contribution is -2.38. The average Bonchev–Trinajstić information content (AvgIpc) is 2.49. The summed E-state index contributed by atoms with van der Waals surface area (Å²) in [6.45, 7) is 2.92. The number of rotatable bonds is 1. The first kappa shape index (κ1) is 12.0. The third kappa shape index (κ3) is 2.43. The van der Waals surface area contributed by atoms with Crippen LogP contribution in [0.3, 0.4) is 0 Å². The SMILES string of the molecule is CC1CCCCCN1C(=O)c1nn(C)cc1N. The summed E-state index contributed by atoms with van der Waals surface area (Å²) in [5.41, 5.74) is 6.66. The molecule has 1 saturated heterocycles.